The molecule has 2 amide bonds. The van der Waals surface area contributed by atoms with Gasteiger partial charge in [-0.3, -0.25) is 4.79 Å². The Morgan fingerprint density at radius 2 is 1.93 bits per heavy atom. The minimum atomic E-state index is -0.739. The smallest absolute Gasteiger partial charge is 0.443 e. The number of hydrogen-bond acceptors (Lipinski definition) is 9. The maximum atomic E-state index is 13.8. The van der Waals surface area contributed by atoms with Gasteiger partial charge in [-0.2, -0.15) is 0 Å². The zero-order chi connectivity index (χ0) is 29.5. The fraction of sp³-hybridized carbons (Fsp3) is 0.567. The number of carbonyl (C=O) groups excluding carboxylic acids is 2. The van der Waals surface area contributed by atoms with Gasteiger partial charge in [0.15, 0.2) is 0 Å². The van der Waals surface area contributed by atoms with Crippen LogP contribution >= 0.6 is 0 Å². The molecule has 10 nitrogen and oxygen atoms in total. The number of hydrogen-bond donors (Lipinski definition) is 1. The first-order valence-corrected chi connectivity index (χ1v) is 14.3. The van der Waals surface area contributed by atoms with E-state index in [0.29, 0.717) is 41.7 Å². The molecule has 3 aliphatic rings. The van der Waals surface area contributed by atoms with Crippen LogP contribution in [0.3, 0.4) is 0 Å². The Hall–Kier alpha value is -2.99. The van der Waals surface area contributed by atoms with E-state index in [9.17, 15) is 9.59 Å². The van der Waals surface area contributed by atoms with Crippen LogP contribution in [0.1, 0.15) is 80.6 Å². The van der Waals surface area contributed by atoms with Crippen molar-refractivity contribution >= 4 is 36.1 Å². The molecule has 4 heterocycles. The Labute approximate surface area is 242 Å². The summed E-state index contributed by atoms with van der Waals surface area (Å²) in [4.78, 5) is 35.1. The average molecular weight is 564 g/mol. The van der Waals surface area contributed by atoms with Crippen molar-refractivity contribution in [3.8, 4) is 0 Å². The van der Waals surface area contributed by atoms with E-state index < -0.39 is 30.3 Å². The first-order chi connectivity index (χ1) is 19.3. The summed E-state index contributed by atoms with van der Waals surface area (Å²) in [7, 11) is 3.42. The maximum Gasteiger partial charge on any atom is 0.494 e. The number of pyridine rings is 1. The highest BCUT2D eigenvalue weighted by atomic mass is 16.7. The number of amides is 2. The summed E-state index contributed by atoms with van der Waals surface area (Å²) in [6.45, 7) is 12.0. The molecule has 0 aliphatic carbocycles. The molecule has 0 bridgehead atoms. The number of rotatable bonds is 6. The number of nitrogens with zero attached hydrogens (tertiary/aromatic N) is 3. The predicted molar refractivity (Wildman–Crippen MR) is 157 cm³/mol. The van der Waals surface area contributed by atoms with Crippen LogP contribution < -0.4 is 10.8 Å². The molecule has 1 aromatic carbocycles. The summed E-state index contributed by atoms with van der Waals surface area (Å²) in [6, 6.07) is 7.83. The molecule has 2 fully saturated rings. The van der Waals surface area contributed by atoms with Crippen LogP contribution in [-0.2, 0) is 31.9 Å². The molecule has 220 valence electrons. The standard InChI is InChI=1S/C30H41BN4O6/c1-29(2,3)40-28(37)35-16-21-22(31-39-18-30(4,5)41-31)9-10-23(26(21)27(35)36)32-25-11-8-20(19-12-14-38-15-13-19)24(33-25)17-34(6)7/h8-11,19H,12-18H2,1-7H3,(H,32,33). The summed E-state index contributed by atoms with van der Waals surface area (Å²) in [6.07, 6.45) is 1.26. The van der Waals surface area contributed by atoms with Gasteiger partial charge in [0.2, 0.25) is 0 Å². The Bertz CT molecular complexity index is 1320. The molecule has 1 aromatic heterocycles. The number of aromatic nitrogens is 1. The third kappa shape index (κ3) is 6.59. The monoisotopic (exact) mass is 564 g/mol. The lowest BCUT2D eigenvalue weighted by atomic mass is 9.75. The lowest BCUT2D eigenvalue weighted by Gasteiger charge is -2.25. The van der Waals surface area contributed by atoms with Crippen molar-refractivity contribution in [2.75, 3.05) is 39.2 Å². The Morgan fingerprint density at radius 1 is 1.20 bits per heavy atom. The number of ether oxygens (including phenoxy) is 2. The minimum Gasteiger partial charge on any atom is -0.443 e. The molecule has 0 saturated carbocycles. The van der Waals surface area contributed by atoms with E-state index in [-0.39, 0.29) is 6.54 Å². The summed E-state index contributed by atoms with van der Waals surface area (Å²) in [5.74, 6) is 0.609. The second kappa shape index (κ2) is 11.4. The molecule has 41 heavy (non-hydrogen) atoms. The molecule has 0 atom stereocenters. The largest absolute Gasteiger partial charge is 0.494 e. The number of benzene rings is 1. The highest BCUT2D eigenvalue weighted by Gasteiger charge is 2.44. The second-order valence-electron chi connectivity index (χ2n) is 12.9. The van der Waals surface area contributed by atoms with E-state index in [1.54, 1.807) is 20.8 Å². The van der Waals surface area contributed by atoms with E-state index in [1.807, 2.05) is 46.1 Å². The Morgan fingerprint density at radius 3 is 2.56 bits per heavy atom. The van der Waals surface area contributed by atoms with Crippen LogP contribution in [0, 0.1) is 0 Å². The summed E-state index contributed by atoms with van der Waals surface area (Å²) in [5, 5.41) is 3.38. The molecule has 2 aromatic rings. The van der Waals surface area contributed by atoms with Gasteiger partial charge in [-0.05, 0) is 96.2 Å². The molecule has 2 saturated heterocycles. The van der Waals surface area contributed by atoms with Crippen LogP contribution in [0.25, 0.3) is 0 Å². The number of anilines is 2. The highest BCUT2D eigenvalue weighted by Crippen LogP contribution is 2.34. The fourth-order valence-electron chi connectivity index (χ4n) is 5.55. The molecule has 11 heteroatoms. The van der Waals surface area contributed by atoms with Gasteiger partial charge >= 0.3 is 13.2 Å². The molecular weight excluding hydrogens is 523 g/mol. The topological polar surface area (TPSA) is 102 Å². The summed E-state index contributed by atoms with van der Waals surface area (Å²) < 4.78 is 23.2. The average Bonchev–Trinajstić information content (AvgIpc) is 3.43. The zero-order valence-electron chi connectivity index (χ0n) is 25.2. The first-order valence-electron chi connectivity index (χ1n) is 14.3. The van der Waals surface area contributed by atoms with Crippen LogP contribution in [0.4, 0.5) is 16.3 Å². The Balaban J connectivity index is 1.50. The third-order valence-electron chi connectivity index (χ3n) is 7.40. The van der Waals surface area contributed by atoms with Crippen molar-refractivity contribution in [3.05, 3.63) is 46.6 Å². The van der Waals surface area contributed by atoms with Crippen LogP contribution in [0.2, 0.25) is 0 Å². The van der Waals surface area contributed by atoms with E-state index in [4.69, 9.17) is 23.8 Å². The molecule has 5 rings (SSSR count). The number of imide groups is 1. The lowest BCUT2D eigenvalue weighted by Crippen LogP contribution is -2.38. The fourth-order valence-corrected chi connectivity index (χ4v) is 5.55. The van der Waals surface area contributed by atoms with Crippen molar-refractivity contribution in [2.24, 2.45) is 0 Å². The maximum absolute atomic E-state index is 13.8. The molecule has 3 aliphatic heterocycles. The van der Waals surface area contributed by atoms with Crippen LogP contribution in [0.15, 0.2) is 24.3 Å². The molecule has 0 spiro atoms. The number of fused-ring (bicyclic) bond motifs is 1. The van der Waals surface area contributed by atoms with Gasteiger partial charge < -0.3 is 29.0 Å². The van der Waals surface area contributed by atoms with Crippen molar-refractivity contribution in [1.82, 2.24) is 14.8 Å². The van der Waals surface area contributed by atoms with Crippen LogP contribution in [0.5, 0.6) is 0 Å². The van der Waals surface area contributed by atoms with Gasteiger partial charge in [-0.1, -0.05) is 12.1 Å². The van der Waals surface area contributed by atoms with E-state index in [2.05, 4.69) is 16.3 Å². The van der Waals surface area contributed by atoms with E-state index in [0.717, 1.165) is 42.1 Å². The van der Waals surface area contributed by atoms with Crippen molar-refractivity contribution in [2.45, 2.75) is 77.7 Å². The quantitative estimate of drug-likeness (QED) is 0.518. The Kier molecular flexibility index (Phi) is 8.17. The normalized spacial score (nSPS) is 19.2. The summed E-state index contributed by atoms with van der Waals surface area (Å²) in [5.41, 5.74) is 3.41. The molecule has 0 radical (unpaired) electrons. The second-order valence-corrected chi connectivity index (χ2v) is 12.9. The van der Waals surface area contributed by atoms with E-state index in [1.165, 1.54) is 5.56 Å². The van der Waals surface area contributed by atoms with Gasteiger partial charge in [0.1, 0.15) is 11.4 Å². The SMILES string of the molecule is CN(C)Cc1nc(Nc2ccc(B3OCC(C)(C)O3)c3c2C(=O)N(C(=O)OC(C)(C)C)C3)ccc1C1CCOCC1. The summed E-state index contributed by atoms with van der Waals surface area (Å²) >= 11 is 0. The minimum absolute atomic E-state index is 0.0690. The molecular formula is C30H41BN4O6. The van der Waals surface area contributed by atoms with E-state index >= 15 is 0 Å². The van der Waals surface area contributed by atoms with Crippen LogP contribution in [-0.4, -0.2) is 79.0 Å². The predicted octanol–water partition coefficient (Wildman–Crippen LogP) is 4.19. The lowest BCUT2D eigenvalue weighted by molar-refractivity contribution is 0.0248. The van der Waals surface area contributed by atoms with Gasteiger partial charge in [0.25, 0.3) is 5.91 Å². The van der Waals surface area contributed by atoms with Crippen molar-refractivity contribution < 1.29 is 28.4 Å². The van der Waals surface area contributed by atoms with Gasteiger partial charge in [-0.25, -0.2) is 14.7 Å². The van der Waals surface area contributed by atoms with Gasteiger partial charge in [0.05, 0.1) is 35.7 Å². The van der Waals surface area contributed by atoms with Crippen molar-refractivity contribution in [3.63, 3.8) is 0 Å². The van der Waals surface area contributed by atoms with Gasteiger partial charge in [-0.15, -0.1) is 0 Å². The number of nitrogens with one attached hydrogen (secondary N) is 1. The van der Waals surface area contributed by atoms with Gasteiger partial charge in [0, 0.05) is 19.8 Å². The highest BCUT2D eigenvalue weighted by molar-refractivity contribution is 6.62. The molecule has 1 N–H and O–H groups in total. The number of carbonyl (C=O) groups is 2. The van der Waals surface area contributed by atoms with Crippen molar-refractivity contribution in [1.29, 1.82) is 0 Å². The first kappa shape index (κ1) is 29.5. The molecule has 0 unspecified atom stereocenters. The third-order valence-corrected chi connectivity index (χ3v) is 7.40. The zero-order valence-corrected chi connectivity index (χ0v) is 25.2.